The SMILES string of the molecule is CCNC(=NCC1(OC)CCOCC1)NCCC(F)(F)F. The maximum Gasteiger partial charge on any atom is 0.390 e. The molecule has 1 aliphatic heterocycles. The van der Waals surface area contributed by atoms with E-state index in [2.05, 4.69) is 15.6 Å². The van der Waals surface area contributed by atoms with E-state index in [9.17, 15) is 13.2 Å². The van der Waals surface area contributed by atoms with Gasteiger partial charge in [-0.05, 0) is 6.92 Å². The molecule has 1 rings (SSSR count). The monoisotopic (exact) mass is 311 g/mol. The van der Waals surface area contributed by atoms with Gasteiger partial charge in [0.1, 0.15) is 0 Å². The molecule has 2 N–H and O–H groups in total. The first-order valence-electron chi connectivity index (χ1n) is 7.12. The molecule has 1 fully saturated rings. The normalized spacial score (nSPS) is 19.4. The minimum absolute atomic E-state index is 0.196. The summed E-state index contributed by atoms with van der Waals surface area (Å²) >= 11 is 0. The number of ether oxygens (including phenoxy) is 2. The number of hydrogen-bond acceptors (Lipinski definition) is 3. The van der Waals surface area contributed by atoms with Crippen LogP contribution in [-0.4, -0.2) is 57.7 Å². The van der Waals surface area contributed by atoms with Gasteiger partial charge in [0.15, 0.2) is 5.96 Å². The molecule has 1 saturated heterocycles. The average Bonchev–Trinajstić information content (AvgIpc) is 2.44. The van der Waals surface area contributed by atoms with Crippen LogP contribution >= 0.6 is 0 Å². The van der Waals surface area contributed by atoms with E-state index < -0.39 is 12.6 Å². The van der Waals surface area contributed by atoms with Gasteiger partial charge in [0, 0.05) is 46.3 Å². The second-order valence-corrected chi connectivity index (χ2v) is 4.99. The number of halogens is 3. The Morgan fingerprint density at radius 2 is 1.95 bits per heavy atom. The second kappa shape index (κ2) is 8.43. The third-order valence-corrected chi connectivity index (χ3v) is 3.41. The number of hydrogen-bond donors (Lipinski definition) is 2. The fraction of sp³-hybridized carbons (Fsp3) is 0.923. The highest BCUT2D eigenvalue weighted by Gasteiger charge is 2.32. The van der Waals surface area contributed by atoms with E-state index in [0.717, 1.165) is 12.8 Å². The third kappa shape index (κ3) is 6.99. The summed E-state index contributed by atoms with van der Waals surface area (Å²) in [4.78, 5) is 4.35. The Morgan fingerprint density at radius 3 is 2.48 bits per heavy atom. The van der Waals surface area contributed by atoms with Crippen LogP contribution in [0.2, 0.25) is 0 Å². The quantitative estimate of drug-likeness (QED) is 0.579. The van der Waals surface area contributed by atoms with Crippen LogP contribution in [-0.2, 0) is 9.47 Å². The number of methoxy groups -OCH3 is 1. The number of rotatable bonds is 6. The zero-order valence-electron chi connectivity index (χ0n) is 12.6. The molecule has 0 bridgehead atoms. The van der Waals surface area contributed by atoms with Crippen molar-refractivity contribution in [3.8, 4) is 0 Å². The van der Waals surface area contributed by atoms with Gasteiger partial charge < -0.3 is 20.1 Å². The molecule has 124 valence electrons. The summed E-state index contributed by atoms with van der Waals surface area (Å²) in [5.41, 5.74) is -0.384. The largest absolute Gasteiger partial charge is 0.390 e. The van der Waals surface area contributed by atoms with Crippen LogP contribution in [0, 0.1) is 0 Å². The molecule has 0 spiro atoms. The van der Waals surface area contributed by atoms with Crippen LogP contribution in [0.5, 0.6) is 0 Å². The highest BCUT2D eigenvalue weighted by Crippen LogP contribution is 2.24. The summed E-state index contributed by atoms with van der Waals surface area (Å²) < 4.78 is 47.3. The maximum absolute atomic E-state index is 12.1. The van der Waals surface area contributed by atoms with Gasteiger partial charge in [0.25, 0.3) is 0 Å². The first-order chi connectivity index (χ1) is 9.91. The first-order valence-corrected chi connectivity index (χ1v) is 7.12. The van der Waals surface area contributed by atoms with Crippen molar-refractivity contribution in [2.45, 2.75) is 38.0 Å². The van der Waals surface area contributed by atoms with Crippen molar-refractivity contribution in [1.29, 1.82) is 0 Å². The van der Waals surface area contributed by atoms with Gasteiger partial charge in [-0.15, -0.1) is 0 Å². The fourth-order valence-corrected chi connectivity index (χ4v) is 2.06. The van der Waals surface area contributed by atoms with Gasteiger partial charge in [-0.25, -0.2) is 0 Å². The lowest BCUT2D eigenvalue weighted by molar-refractivity contribution is -0.132. The zero-order chi connectivity index (χ0) is 15.8. The Kier molecular flexibility index (Phi) is 7.24. The minimum Gasteiger partial charge on any atom is -0.381 e. The summed E-state index contributed by atoms with van der Waals surface area (Å²) in [5, 5.41) is 5.62. The predicted molar refractivity (Wildman–Crippen MR) is 74.4 cm³/mol. The fourth-order valence-electron chi connectivity index (χ4n) is 2.06. The molecule has 0 atom stereocenters. The molecule has 0 aromatic carbocycles. The van der Waals surface area contributed by atoms with Gasteiger partial charge in [-0.2, -0.15) is 13.2 Å². The van der Waals surface area contributed by atoms with E-state index in [0.29, 0.717) is 32.3 Å². The summed E-state index contributed by atoms with van der Waals surface area (Å²) in [6, 6.07) is 0. The van der Waals surface area contributed by atoms with Crippen LogP contribution in [0.3, 0.4) is 0 Å². The van der Waals surface area contributed by atoms with Crippen molar-refractivity contribution in [3.63, 3.8) is 0 Å². The Labute approximate surface area is 123 Å². The lowest BCUT2D eigenvalue weighted by Crippen LogP contribution is -2.44. The van der Waals surface area contributed by atoms with Crippen LogP contribution in [0.4, 0.5) is 13.2 Å². The Balaban J connectivity index is 2.53. The third-order valence-electron chi connectivity index (χ3n) is 3.41. The van der Waals surface area contributed by atoms with Crippen molar-refractivity contribution >= 4 is 5.96 Å². The molecule has 1 heterocycles. The molecule has 0 unspecified atom stereocenters. The molecule has 8 heteroatoms. The van der Waals surface area contributed by atoms with Crippen LogP contribution in [0.25, 0.3) is 0 Å². The molecule has 0 aromatic heterocycles. The Morgan fingerprint density at radius 1 is 1.29 bits per heavy atom. The van der Waals surface area contributed by atoms with Crippen molar-refractivity contribution in [1.82, 2.24) is 10.6 Å². The van der Waals surface area contributed by atoms with Crippen LogP contribution in [0.1, 0.15) is 26.2 Å². The zero-order valence-corrected chi connectivity index (χ0v) is 12.6. The second-order valence-electron chi connectivity index (χ2n) is 4.99. The highest BCUT2D eigenvalue weighted by molar-refractivity contribution is 5.79. The summed E-state index contributed by atoms with van der Waals surface area (Å²) in [6.45, 7) is 3.87. The molecule has 0 saturated carbocycles. The van der Waals surface area contributed by atoms with E-state index in [1.165, 1.54) is 0 Å². The van der Waals surface area contributed by atoms with Gasteiger partial charge in [-0.1, -0.05) is 0 Å². The van der Waals surface area contributed by atoms with Crippen molar-refractivity contribution < 1.29 is 22.6 Å². The Hall–Kier alpha value is -1.02. The summed E-state index contributed by atoms with van der Waals surface area (Å²) in [6.07, 6.45) is -3.59. The minimum atomic E-state index is -4.17. The summed E-state index contributed by atoms with van der Waals surface area (Å²) in [7, 11) is 1.63. The molecular formula is C13H24F3N3O2. The molecule has 0 aromatic rings. The number of nitrogens with zero attached hydrogens (tertiary/aromatic N) is 1. The lowest BCUT2D eigenvalue weighted by Gasteiger charge is -2.34. The Bertz CT molecular complexity index is 329. The number of aliphatic imine (C=N–C) groups is 1. The van der Waals surface area contributed by atoms with Crippen LogP contribution < -0.4 is 10.6 Å². The lowest BCUT2D eigenvalue weighted by atomic mass is 9.94. The standard InChI is InChI=1S/C13H24F3N3O2/c1-3-17-11(18-7-4-13(14,15)16)19-10-12(20-2)5-8-21-9-6-12/h3-10H2,1-2H3,(H2,17,18,19). The van der Waals surface area contributed by atoms with E-state index in [-0.39, 0.29) is 12.1 Å². The van der Waals surface area contributed by atoms with Crippen LogP contribution in [0.15, 0.2) is 4.99 Å². The highest BCUT2D eigenvalue weighted by atomic mass is 19.4. The van der Waals surface area contributed by atoms with Gasteiger partial charge >= 0.3 is 6.18 Å². The molecule has 5 nitrogen and oxygen atoms in total. The predicted octanol–water partition coefficient (Wildman–Crippen LogP) is 1.69. The topological polar surface area (TPSA) is 54.9 Å². The molecular weight excluding hydrogens is 287 g/mol. The average molecular weight is 311 g/mol. The molecule has 1 aliphatic rings. The number of guanidine groups is 1. The first kappa shape index (κ1) is 18.0. The smallest absolute Gasteiger partial charge is 0.381 e. The van der Waals surface area contributed by atoms with Gasteiger partial charge in [0.05, 0.1) is 18.6 Å². The number of alkyl halides is 3. The molecule has 0 aliphatic carbocycles. The van der Waals surface area contributed by atoms with E-state index in [4.69, 9.17) is 9.47 Å². The molecule has 0 amide bonds. The summed E-state index contributed by atoms with van der Waals surface area (Å²) in [5.74, 6) is 0.379. The van der Waals surface area contributed by atoms with Gasteiger partial charge in [0.2, 0.25) is 0 Å². The molecule has 0 radical (unpaired) electrons. The van der Waals surface area contributed by atoms with Crippen molar-refractivity contribution in [2.24, 2.45) is 4.99 Å². The van der Waals surface area contributed by atoms with Crippen molar-refractivity contribution in [2.75, 3.05) is 40.0 Å². The maximum atomic E-state index is 12.1. The molecule has 21 heavy (non-hydrogen) atoms. The van der Waals surface area contributed by atoms with E-state index >= 15 is 0 Å². The van der Waals surface area contributed by atoms with E-state index in [1.807, 2.05) is 6.92 Å². The van der Waals surface area contributed by atoms with E-state index in [1.54, 1.807) is 7.11 Å². The van der Waals surface area contributed by atoms with Crippen molar-refractivity contribution in [3.05, 3.63) is 0 Å². The number of nitrogens with one attached hydrogen (secondary N) is 2. The van der Waals surface area contributed by atoms with Gasteiger partial charge in [-0.3, -0.25) is 4.99 Å².